The fourth-order valence-corrected chi connectivity index (χ4v) is 2.55. The summed E-state index contributed by atoms with van der Waals surface area (Å²) in [5, 5.41) is 6.98. The third kappa shape index (κ3) is 6.40. The van der Waals surface area contributed by atoms with E-state index in [9.17, 15) is 8.42 Å². The maximum Gasteiger partial charge on any atom is 0.211 e. The van der Waals surface area contributed by atoms with Gasteiger partial charge in [0.1, 0.15) is 0 Å². The van der Waals surface area contributed by atoms with E-state index in [2.05, 4.69) is 15.1 Å². The lowest BCUT2D eigenvalue weighted by atomic mass is 10.3. The van der Waals surface area contributed by atoms with Gasteiger partial charge in [-0.3, -0.25) is 4.68 Å². The van der Waals surface area contributed by atoms with Gasteiger partial charge in [0.2, 0.25) is 10.0 Å². The molecule has 98 valence electrons. The quantitative estimate of drug-likeness (QED) is 0.603. The normalized spacial score (nSPS) is 11.8. The zero-order chi connectivity index (χ0) is 12.6. The molecule has 6 nitrogen and oxygen atoms in total. The molecule has 0 aliphatic carbocycles. The highest BCUT2D eigenvalue weighted by Crippen LogP contribution is 1.93. The van der Waals surface area contributed by atoms with E-state index in [0.717, 1.165) is 13.0 Å². The van der Waals surface area contributed by atoms with Gasteiger partial charge in [-0.25, -0.2) is 13.1 Å². The summed E-state index contributed by atoms with van der Waals surface area (Å²) in [6.45, 7) is 1.79. The Morgan fingerprint density at radius 2 is 2.12 bits per heavy atom. The van der Waals surface area contributed by atoms with Crippen LogP contribution in [0.25, 0.3) is 0 Å². The monoisotopic (exact) mass is 260 g/mol. The van der Waals surface area contributed by atoms with E-state index in [4.69, 9.17) is 0 Å². The third-order valence-electron chi connectivity index (χ3n) is 2.31. The van der Waals surface area contributed by atoms with Crippen LogP contribution in [0.4, 0.5) is 0 Å². The summed E-state index contributed by atoms with van der Waals surface area (Å²) < 4.78 is 27.4. The number of aromatic nitrogens is 2. The van der Waals surface area contributed by atoms with Crippen molar-refractivity contribution in [2.24, 2.45) is 0 Å². The molecular formula is C10H20N4O2S. The zero-order valence-electron chi connectivity index (χ0n) is 10.1. The van der Waals surface area contributed by atoms with E-state index in [1.165, 1.54) is 0 Å². The summed E-state index contributed by atoms with van der Waals surface area (Å²) in [6.07, 6.45) is 5.03. The van der Waals surface area contributed by atoms with Gasteiger partial charge in [-0.05, 0) is 32.5 Å². The van der Waals surface area contributed by atoms with Crippen molar-refractivity contribution in [3.8, 4) is 0 Å². The molecule has 0 atom stereocenters. The predicted octanol–water partition coefficient (Wildman–Crippen LogP) is -0.198. The largest absolute Gasteiger partial charge is 0.320 e. The fourth-order valence-electron chi connectivity index (χ4n) is 1.41. The lowest BCUT2D eigenvalue weighted by Gasteiger charge is -2.06. The average Bonchev–Trinajstić information content (AvgIpc) is 2.77. The number of unbranched alkanes of at least 4 members (excludes halogenated alkanes) is 1. The Kier molecular flexibility index (Phi) is 6.17. The van der Waals surface area contributed by atoms with Gasteiger partial charge in [-0.15, -0.1) is 0 Å². The minimum absolute atomic E-state index is 0.188. The number of rotatable bonds is 9. The van der Waals surface area contributed by atoms with Crippen molar-refractivity contribution >= 4 is 10.0 Å². The number of nitrogens with zero attached hydrogens (tertiary/aromatic N) is 2. The summed E-state index contributed by atoms with van der Waals surface area (Å²) in [5.41, 5.74) is 0. The highest BCUT2D eigenvalue weighted by Gasteiger charge is 2.08. The Morgan fingerprint density at radius 3 is 2.76 bits per heavy atom. The Bertz CT molecular complexity index is 388. The predicted molar refractivity (Wildman–Crippen MR) is 67.2 cm³/mol. The summed E-state index contributed by atoms with van der Waals surface area (Å²) >= 11 is 0. The Morgan fingerprint density at radius 1 is 1.29 bits per heavy atom. The molecule has 1 rings (SSSR count). The second-order valence-electron chi connectivity index (χ2n) is 3.79. The molecule has 0 saturated carbocycles. The van der Waals surface area contributed by atoms with E-state index >= 15 is 0 Å². The number of hydrogen-bond acceptors (Lipinski definition) is 4. The van der Waals surface area contributed by atoms with Crippen LogP contribution >= 0.6 is 0 Å². The van der Waals surface area contributed by atoms with Gasteiger partial charge in [0.15, 0.2) is 0 Å². The zero-order valence-corrected chi connectivity index (χ0v) is 10.9. The topological polar surface area (TPSA) is 76.0 Å². The maximum atomic E-state index is 11.6. The van der Waals surface area contributed by atoms with E-state index in [1.54, 1.807) is 17.1 Å². The van der Waals surface area contributed by atoms with Crippen molar-refractivity contribution in [2.75, 3.05) is 25.9 Å². The minimum atomic E-state index is -3.13. The molecule has 1 aromatic heterocycles. The Hall–Kier alpha value is -0.920. The van der Waals surface area contributed by atoms with E-state index in [-0.39, 0.29) is 5.75 Å². The molecule has 0 unspecified atom stereocenters. The smallest absolute Gasteiger partial charge is 0.211 e. The van der Waals surface area contributed by atoms with Gasteiger partial charge in [0.25, 0.3) is 0 Å². The molecule has 7 heteroatoms. The number of hydrogen-bond donors (Lipinski definition) is 2. The molecule has 0 radical (unpaired) electrons. The van der Waals surface area contributed by atoms with Crippen LogP contribution in [-0.4, -0.2) is 44.1 Å². The molecule has 2 N–H and O–H groups in total. The standard InChI is InChI=1S/C10H20N4O2S/c1-11-5-2-3-10-17(15,16)13-7-9-14-8-4-6-12-14/h4,6,8,11,13H,2-3,5,7,9-10H2,1H3. The maximum absolute atomic E-state index is 11.6. The molecule has 0 aliphatic heterocycles. The first kappa shape index (κ1) is 14.1. The average molecular weight is 260 g/mol. The Labute approximate surface area is 102 Å². The van der Waals surface area contributed by atoms with Crippen molar-refractivity contribution in [1.29, 1.82) is 0 Å². The van der Waals surface area contributed by atoms with Gasteiger partial charge < -0.3 is 5.32 Å². The van der Waals surface area contributed by atoms with Crippen LogP contribution < -0.4 is 10.0 Å². The van der Waals surface area contributed by atoms with E-state index < -0.39 is 10.0 Å². The first-order chi connectivity index (χ1) is 8.14. The third-order valence-corrected chi connectivity index (χ3v) is 3.78. The highest BCUT2D eigenvalue weighted by atomic mass is 32.2. The van der Waals surface area contributed by atoms with Gasteiger partial charge in [0, 0.05) is 18.9 Å². The molecule has 0 aliphatic rings. The first-order valence-corrected chi connectivity index (χ1v) is 7.38. The molecule has 0 spiro atoms. The molecule has 0 bridgehead atoms. The fraction of sp³-hybridized carbons (Fsp3) is 0.700. The van der Waals surface area contributed by atoms with Crippen LogP contribution in [0, 0.1) is 0 Å². The number of sulfonamides is 1. The second-order valence-corrected chi connectivity index (χ2v) is 5.72. The SMILES string of the molecule is CNCCCCS(=O)(=O)NCCn1cccn1. The van der Waals surface area contributed by atoms with Gasteiger partial charge in [-0.1, -0.05) is 0 Å². The van der Waals surface area contributed by atoms with Crippen LogP contribution in [0.1, 0.15) is 12.8 Å². The van der Waals surface area contributed by atoms with Crippen LogP contribution in [0.15, 0.2) is 18.5 Å². The van der Waals surface area contributed by atoms with E-state index in [1.807, 2.05) is 13.1 Å². The van der Waals surface area contributed by atoms with Crippen LogP contribution in [-0.2, 0) is 16.6 Å². The molecule has 1 aromatic rings. The Balaban J connectivity index is 2.16. The summed E-state index contributed by atoms with van der Waals surface area (Å²) in [5.74, 6) is 0.188. The van der Waals surface area contributed by atoms with Crippen molar-refractivity contribution in [3.63, 3.8) is 0 Å². The molecule has 17 heavy (non-hydrogen) atoms. The molecule has 0 aromatic carbocycles. The second kappa shape index (κ2) is 7.41. The minimum Gasteiger partial charge on any atom is -0.320 e. The van der Waals surface area contributed by atoms with Crippen molar-refractivity contribution in [3.05, 3.63) is 18.5 Å². The van der Waals surface area contributed by atoms with Crippen molar-refractivity contribution in [1.82, 2.24) is 19.8 Å². The van der Waals surface area contributed by atoms with Crippen LogP contribution in [0.2, 0.25) is 0 Å². The summed E-state index contributed by atoms with van der Waals surface area (Å²) in [4.78, 5) is 0. The number of nitrogens with one attached hydrogen (secondary N) is 2. The molecular weight excluding hydrogens is 240 g/mol. The molecule has 1 heterocycles. The molecule has 0 amide bonds. The van der Waals surface area contributed by atoms with E-state index in [0.29, 0.717) is 19.5 Å². The van der Waals surface area contributed by atoms with Crippen LogP contribution in [0.3, 0.4) is 0 Å². The van der Waals surface area contributed by atoms with Crippen LogP contribution in [0.5, 0.6) is 0 Å². The summed E-state index contributed by atoms with van der Waals surface area (Å²) in [7, 11) is -1.28. The lowest BCUT2D eigenvalue weighted by Crippen LogP contribution is -2.30. The van der Waals surface area contributed by atoms with Gasteiger partial charge in [-0.2, -0.15) is 5.10 Å². The lowest BCUT2D eigenvalue weighted by molar-refractivity contribution is 0.557. The van der Waals surface area contributed by atoms with Gasteiger partial charge >= 0.3 is 0 Å². The molecule has 0 saturated heterocycles. The van der Waals surface area contributed by atoms with Crippen molar-refractivity contribution < 1.29 is 8.42 Å². The highest BCUT2D eigenvalue weighted by molar-refractivity contribution is 7.89. The first-order valence-electron chi connectivity index (χ1n) is 5.73. The summed E-state index contributed by atoms with van der Waals surface area (Å²) in [6, 6.07) is 1.81. The van der Waals surface area contributed by atoms with Gasteiger partial charge in [0.05, 0.1) is 12.3 Å². The van der Waals surface area contributed by atoms with Crippen molar-refractivity contribution in [2.45, 2.75) is 19.4 Å². The molecule has 0 fully saturated rings.